The molecule has 1 aliphatic heterocycles. The zero-order valence-corrected chi connectivity index (χ0v) is 16.0. The molecular weight excluding hydrogens is 380 g/mol. The number of hydrogen-bond acceptors (Lipinski definition) is 7. The van der Waals surface area contributed by atoms with Crippen LogP contribution in [0.2, 0.25) is 0 Å². The fourth-order valence-corrected chi connectivity index (χ4v) is 2.94. The molecule has 1 aliphatic rings. The van der Waals surface area contributed by atoms with Crippen LogP contribution in [0.5, 0.6) is 11.5 Å². The molecule has 29 heavy (non-hydrogen) atoms. The third kappa shape index (κ3) is 4.63. The number of esters is 1. The van der Waals surface area contributed by atoms with Gasteiger partial charge in [0.2, 0.25) is 0 Å². The summed E-state index contributed by atoms with van der Waals surface area (Å²) in [5.74, 6) is -0.140. The molecule has 1 atom stereocenters. The van der Waals surface area contributed by atoms with E-state index in [0.717, 1.165) is 0 Å². The van der Waals surface area contributed by atoms with Crippen molar-refractivity contribution in [2.75, 3.05) is 26.8 Å². The van der Waals surface area contributed by atoms with E-state index in [2.05, 4.69) is 0 Å². The van der Waals surface area contributed by atoms with Gasteiger partial charge < -0.3 is 19.1 Å². The highest BCUT2D eigenvalue weighted by Gasteiger charge is 2.26. The Labute approximate surface area is 166 Å². The summed E-state index contributed by atoms with van der Waals surface area (Å²) in [6.45, 7) is 1.50. The maximum atomic E-state index is 12.3. The van der Waals surface area contributed by atoms with Gasteiger partial charge in [0.05, 0.1) is 11.5 Å². The Hall–Kier alpha value is -3.62. The smallest absolute Gasteiger partial charge is 0.345 e. The molecule has 0 N–H and O–H groups in total. The zero-order valence-electron chi connectivity index (χ0n) is 16.0. The summed E-state index contributed by atoms with van der Waals surface area (Å²) < 4.78 is 16.4. The standard InChI is InChI=1S/C20H20N2O7/c1-13-6-5-7-15(19(13)22(25)26)20(24)28-12-18(23)21(2)10-14-11-27-16-8-3-4-9-17(16)29-14/h3-9,14H,10-12H2,1-2H3/t14-/m1/s1. The Morgan fingerprint density at radius 2 is 1.93 bits per heavy atom. The van der Waals surface area contributed by atoms with Crippen LogP contribution in [0.1, 0.15) is 15.9 Å². The molecule has 0 aromatic heterocycles. The molecule has 0 saturated carbocycles. The molecular formula is C20H20N2O7. The lowest BCUT2D eigenvalue weighted by Gasteiger charge is -2.29. The Kier molecular flexibility index (Phi) is 5.96. The summed E-state index contributed by atoms with van der Waals surface area (Å²) in [6.07, 6.45) is -0.368. The van der Waals surface area contributed by atoms with Crippen molar-refractivity contribution in [3.63, 3.8) is 0 Å². The van der Waals surface area contributed by atoms with Gasteiger partial charge in [0.15, 0.2) is 24.2 Å². The van der Waals surface area contributed by atoms with Gasteiger partial charge in [-0.05, 0) is 25.1 Å². The van der Waals surface area contributed by atoms with E-state index in [1.54, 1.807) is 19.2 Å². The van der Waals surface area contributed by atoms with Gasteiger partial charge in [-0.2, -0.15) is 0 Å². The van der Waals surface area contributed by atoms with E-state index in [9.17, 15) is 19.7 Å². The lowest BCUT2D eigenvalue weighted by molar-refractivity contribution is -0.385. The number of nitro benzene ring substituents is 1. The van der Waals surface area contributed by atoms with Crippen LogP contribution in [0.4, 0.5) is 5.69 Å². The number of nitro groups is 1. The number of carbonyl (C=O) groups excluding carboxylic acids is 2. The molecule has 9 heteroatoms. The van der Waals surface area contributed by atoms with Crippen molar-refractivity contribution in [2.24, 2.45) is 0 Å². The summed E-state index contributed by atoms with van der Waals surface area (Å²) in [6, 6.07) is 11.6. The highest BCUT2D eigenvalue weighted by molar-refractivity contribution is 5.95. The van der Waals surface area contributed by atoms with Crippen LogP contribution in [-0.4, -0.2) is 54.6 Å². The lowest BCUT2D eigenvalue weighted by Crippen LogP contribution is -2.43. The second-order valence-electron chi connectivity index (χ2n) is 6.58. The van der Waals surface area contributed by atoms with Crippen LogP contribution in [-0.2, 0) is 9.53 Å². The first-order chi connectivity index (χ1) is 13.9. The molecule has 0 fully saturated rings. The molecule has 9 nitrogen and oxygen atoms in total. The normalized spacial score (nSPS) is 14.8. The summed E-state index contributed by atoms with van der Waals surface area (Å²) in [5.41, 5.74) is -0.182. The third-order valence-electron chi connectivity index (χ3n) is 4.44. The minimum absolute atomic E-state index is 0.189. The second-order valence-corrected chi connectivity index (χ2v) is 6.58. The maximum absolute atomic E-state index is 12.3. The quantitative estimate of drug-likeness (QED) is 0.416. The van der Waals surface area contributed by atoms with Crippen molar-refractivity contribution < 1.29 is 28.7 Å². The number of fused-ring (bicyclic) bond motifs is 1. The maximum Gasteiger partial charge on any atom is 0.345 e. The molecule has 2 aromatic rings. The van der Waals surface area contributed by atoms with Crippen molar-refractivity contribution in [3.05, 3.63) is 63.7 Å². The molecule has 0 saturated heterocycles. The first-order valence-electron chi connectivity index (χ1n) is 8.90. The average Bonchev–Trinajstić information content (AvgIpc) is 2.71. The van der Waals surface area contributed by atoms with Gasteiger partial charge in [0.1, 0.15) is 12.2 Å². The largest absolute Gasteiger partial charge is 0.486 e. The van der Waals surface area contributed by atoms with Crippen LogP contribution in [0, 0.1) is 17.0 Å². The molecule has 0 spiro atoms. The number of aryl methyl sites for hydroxylation is 1. The highest BCUT2D eigenvalue weighted by atomic mass is 16.6. The number of ether oxygens (including phenoxy) is 3. The Balaban J connectivity index is 1.55. The number of amides is 1. The molecule has 0 radical (unpaired) electrons. The van der Waals surface area contributed by atoms with Crippen molar-refractivity contribution in [1.82, 2.24) is 4.90 Å². The van der Waals surface area contributed by atoms with Crippen LogP contribution in [0.15, 0.2) is 42.5 Å². The number of hydrogen-bond donors (Lipinski definition) is 0. The molecule has 0 aliphatic carbocycles. The van der Waals surface area contributed by atoms with E-state index in [4.69, 9.17) is 14.2 Å². The van der Waals surface area contributed by atoms with E-state index < -0.39 is 23.4 Å². The van der Waals surface area contributed by atoms with Crippen molar-refractivity contribution in [2.45, 2.75) is 13.0 Å². The number of rotatable bonds is 6. The lowest BCUT2D eigenvalue weighted by atomic mass is 10.1. The predicted octanol–water partition coefficient (Wildman–Crippen LogP) is 2.36. The first kappa shape index (κ1) is 20.1. The van der Waals surface area contributed by atoms with E-state index >= 15 is 0 Å². The summed E-state index contributed by atoms with van der Waals surface area (Å²) in [5, 5.41) is 11.2. The average molecular weight is 400 g/mol. The molecule has 0 bridgehead atoms. The van der Waals surface area contributed by atoms with Crippen molar-refractivity contribution in [3.8, 4) is 11.5 Å². The van der Waals surface area contributed by atoms with Gasteiger partial charge in [-0.1, -0.05) is 24.3 Å². The predicted molar refractivity (Wildman–Crippen MR) is 102 cm³/mol. The molecule has 152 valence electrons. The molecule has 1 amide bonds. The first-order valence-corrected chi connectivity index (χ1v) is 8.90. The van der Waals surface area contributed by atoms with Gasteiger partial charge >= 0.3 is 5.97 Å². The van der Waals surface area contributed by atoms with E-state index in [0.29, 0.717) is 17.1 Å². The summed E-state index contributed by atoms with van der Waals surface area (Å²) in [7, 11) is 1.55. The summed E-state index contributed by atoms with van der Waals surface area (Å²) >= 11 is 0. The van der Waals surface area contributed by atoms with E-state index in [1.807, 2.05) is 12.1 Å². The Morgan fingerprint density at radius 1 is 1.21 bits per heavy atom. The van der Waals surface area contributed by atoms with E-state index in [1.165, 1.54) is 30.0 Å². The summed E-state index contributed by atoms with van der Waals surface area (Å²) in [4.78, 5) is 36.5. The SMILES string of the molecule is Cc1cccc(C(=O)OCC(=O)N(C)C[C@@H]2COc3ccccc3O2)c1[N+](=O)[O-]. The van der Waals surface area contributed by atoms with E-state index in [-0.39, 0.29) is 30.5 Å². The number of likely N-dealkylation sites (N-methyl/N-ethyl adjacent to an activating group) is 1. The van der Waals surface area contributed by atoms with Crippen molar-refractivity contribution >= 4 is 17.6 Å². The Bertz CT molecular complexity index is 944. The fraction of sp³-hybridized carbons (Fsp3) is 0.300. The Morgan fingerprint density at radius 3 is 2.66 bits per heavy atom. The van der Waals surface area contributed by atoms with Gasteiger partial charge in [-0.15, -0.1) is 0 Å². The van der Waals surface area contributed by atoms with Gasteiger partial charge in [0.25, 0.3) is 11.6 Å². The van der Waals surface area contributed by atoms with Crippen LogP contribution >= 0.6 is 0 Å². The molecule has 0 unspecified atom stereocenters. The number of para-hydroxylation sites is 3. The number of carbonyl (C=O) groups is 2. The van der Waals surface area contributed by atoms with Crippen LogP contribution in [0.3, 0.4) is 0 Å². The molecule has 2 aromatic carbocycles. The highest BCUT2D eigenvalue weighted by Crippen LogP contribution is 2.31. The van der Waals surface area contributed by atoms with Crippen molar-refractivity contribution in [1.29, 1.82) is 0 Å². The topological polar surface area (TPSA) is 108 Å². The van der Waals surface area contributed by atoms with Gasteiger partial charge in [-0.25, -0.2) is 4.79 Å². The third-order valence-corrected chi connectivity index (χ3v) is 4.44. The zero-order chi connectivity index (χ0) is 21.0. The minimum Gasteiger partial charge on any atom is -0.486 e. The molecule has 1 heterocycles. The van der Waals surface area contributed by atoms with Gasteiger partial charge in [-0.3, -0.25) is 14.9 Å². The number of nitrogens with zero attached hydrogens (tertiary/aromatic N) is 2. The number of benzene rings is 2. The van der Waals surface area contributed by atoms with Crippen LogP contribution in [0.25, 0.3) is 0 Å². The monoisotopic (exact) mass is 400 g/mol. The van der Waals surface area contributed by atoms with Crippen LogP contribution < -0.4 is 9.47 Å². The second kappa shape index (κ2) is 8.59. The van der Waals surface area contributed by atoms with Gasteiger partial charge in [0, 0.05) is 12.6 Å². The molecule has 3 rings (SSSR count). The fourth-order valence-electron chi connectivity index (χ4n) is 2.94. The minimum atomic E-state index is -0.923.